The Hall–Kier alpha value is 0.260. The van der Waals surface area contributed by atoms with Crippen LogP contribution in [0.5, 0.6) is 0 Å². The highest BCUT2D eigenvalue weighted by Crippen LogP contribution is 1.72. The van der Waals surface area contributed by atoms with E-state index >= 15 is 0 Å². The maximum absolute atomic E-state index is 10.6. The number of amides is 1. The van der Waals surface area contributed by atoms with Crippen LogP contribution in [0.3, 0.4) is 0 Å². The van der Waals surface area contributed by atoms with Crippen molar-refractivity contribution in [3.8, 4) is 0 Å². The highest BCUT2D eigenvalue weighted by molar-refractivity contribution is 5.86. The van der Waals surface area contributed by atoms with Gasteiger partial charge in [-0.25, -0.2) is 0 Å². The van der Waals surface area contributed by atoms with E-state index in [1.165, 1.54) is 0 Å². The molecule has 4 nitrogen and oxygen atoms in total. The molecule has 0 aliphatic carbocycles. The Kier molecular flexibility index (Phi) is 26.7. The number of halogens is 3. The molecule has 0 saturated heterocycles. The lowest BCUT2D eigenvalue weighted by atomic mass is 10.4. The van der Waals surface area contributed by atoms with E-state index in [0.717, 1.165) is 6.54 Å². The zero-order valence-corrected chi connectivity index (χ0v) is 10.9. The third kappa shape index (κ3) is 18.1. The molecule has 0 atom stereocenters. The number of rotatable bonds is 5. The van der Waals surface area contributed by atoms with Crippen LogP contribution in [0.2, 0.25) is 0 Å². The molecule has 0 aliphatic heterocycles. The molecule has 0 aromatic carbocycles. The van der Waals surface area contributed by atoms with Gasteiger partial charge in [0.05, 0.1) is 6.54 Å². The number of nitrogens with one attached hydrogen (secondary N) is 2. The first kappa shape index (κ1) is 23.8. The first-order chi connectivity index (χ1) is 5.16. The molecule has 0 unspecified atom stereocenters. The Balaban J connectivity index is -0.000000167. The average molecular weight is 269 g/mol. The van der Waals surface area contributed by atoms with Gasteiger partial charge in [-0.3, -0.25) is 4.79 Å². The van der Waals surface area contributed by atoms with Gasteiger partial charge in [0.1, 0.15) is 0 Å². The molecule has 7 heteroatoms. The van der Waals surface area contributed by atoms with Gasteiger partial charge < -0.3 is 16.4 Å². The van der Waals surface area contributed by atoms with Gasteiger partial charge in [-0.15, -0.1) is 37.2 Å². The summed E-state index contributed by atoms with van der Waals surface area (Å²) in [6.07, 6.45) is 0. The monoisotopic (exact) mass is 267 g/mol. The van der Waals surface area contributed by atoms with Gasteiger partial charge in [-0.2, -0.15) is 0 Å². The molecule has 0 bridgehead atoms. The van der Waals surface area contributed by atoms with Crippen molar-refractivity contribution < 1.29 is 4.79 Å². The summed E-state index contributed by atoms with van der Waals surface area (Å²) >= 11 is 0. The van der Waals surface area contributed by atoms with Crippen LogP contribution in [-0.4, -0.2) is 31.6 Å². The van der Waals surface area contributed by atoms with Gasteiger partial charge in [0.2, 0.25) is 5.91 Å². The predicted molar refractivity (Wildman–Crippen MR) is 66.9 cm³/mol. The molecular weight excluding hydrogens is 248 g/mol. The Morgan fingerprint density at radius 1 is 1.21 bits per heavy atom. The third-order valence-corrected chi connectivity index (χ3v) is 1.19. The van der Waals surface area contributed by atoms with Crippen molar-refractivity contribution in [2.75, 3.05) is 19.6 Å². The molecule has 14 heavy (non-hydrogen) atoms. The summed E-state index contributed by atoms with van der Waals surface area (Å²) < 4.78 is 0. The lowest BCUT2D eigenvalue weighted by Crippen LogP contribution is -2.37. The van der Waals surface area contributed by atoms with E-state index in [4.69, 9.17) is 5.73 Å². The minimum atomic E-state index is -0.101. The molecule has 0 aliphatic rings. The Morgan fingerprint density at radius 2 is 1.71 bits per heavy atom. The van der Waals surface area contributed by atoms with Gasteiger partial charge in [0, 0.05) is 19.1 Å². The summed E-state index contributed by atoms with van der Waals surface area (Å²) in [5, 5.41) is 5.83. The fourth-order valence-electron chi connectivity index (χ4n) is 0.635. The number of nitrogens with two attached hydrogens (primary N) is 1. The molecule has 0 radical (unpaired) electrons. The highest BCUT2D eigenvalue weighted by atomic mass is 35.5. The van der Waals surface area contributed by atoms with Crippen LogP contribution in [0.25, 0.3) is 0 Å². The second kappa shape index (κ2) is 15.7. The van der Waals surface area contributed by atoms with Crippen molar-refractivity contribution in [1.82, 2.24) is 10.6 Å². The summed E-state index contributed by atoms with van der Waals surface area (Å²) in [4.78, 5) is 10.6. The molecular formula is C7H20Cl3N3O. The normalized spacial score (nSPS) is 8.00. The zero-order chi connectivity index (χ0) is 8.69. The number of carbonyl (C=O) groups is 1. The van der Waals surface area contributed by atoms with E-state index in [-0.39, 0.29) is 49.7 Å². The standard InChI is InChI=1S/C7H17N3O.3ClH/c1-6(2)9-3-4-10-7(11)5-8;;;/h6,9H,3-5,8H2,1-2H3,(H,10,11);3*1H. The maximum atomic E-state index is 10.6. The van der Waals surface area contributed by atoms with Crippen LogP contribution in [-0.2, 0) is 4.79 Å². The fourth-order valence-corrected chi connectivity index (χ4v) is 0.635. The second-order valence-corrected chi connectivity index (χ2v) is 2.66. The van der Waals surface area contributed by atoms with Gasteiger partial charge >= 0.3 is 0 Å². The molecule has 0 aromatic heterocycles. The highest BCUT2D eigenvalue weighted by Gasteiger charge is 1.95. The smallest absolute Gasteiger partial charge is 0.233 e. The number of carbonyl (C=O) groups excluding carboxylic acids is 1. The van der Waals surface area contributed by atoms with E-state index < -0.39 is 0 Å². The van der Waals surface area contributed by atoms with Crippen LogP contribution >= 0.6 is 37.2 Å². The molecule has 1 amide bonds. The van der Waals surface area contributed by atoms with Crippen LogP contribution in [0.4, 0.5) is 0 Å². The Morgan fingerprint density at radius 3 is 2.07 bits per heavy atom. The average Bonchev–Trinajstić information content (AvgIpc) is 1.97. The molecule has 0 aromatic rings. The molecule has 0 saturated carbocycles. The molecule has 0 spiro atoms. The summed E-state index contributed by atoms with van der Waals surface area (Å²) in [6.45, 7) is 5.63. The SMILES string of the molecule is CC(C)NCCNC(=O)CN.Cl.Cl.Cl. The number of hydrogen-bond donors (Lipinski definition) is 3. The fraction of sp³-hybridized carbons (Fsp3) is 0.857. The summed E-state index contributed by atoms with van der Waals surface area (Å²) in [7, 11) is 0. The van der Waals surface area contributed by atoms with Crippen LogP contribution < -0.4 is 16.4 Å². The minimum Gasteiger partial charge on any atom is -0.354 e. The molecule has 0 rings (SSSR count). The van der Waals surface area contributed by atoms with E-state index in [0.29, 0.717) is 12.6 Å². The van der Waals surface area contributed by atoms with Crippen molar-refractivity contribution in [1.29, 1.82) is 0 Å². The minimum absolute atomic E-state index is 0. The quantitative estimate of drug-likeness (QED) is 0.629. The molecule has 0 heterocycles. The van der Waals surface area contributed by atoms with Gasteiger partial charge in [0.25, 0.3) is 0 Å². The summed E-state index contributed by atoms with van der Waals surface area (Å²) in [5.74, 6) is -0.101. The summed E-state index contributed by atoms with van der Waals surface area (Å²) in [5.41, 5.74) is 5.08. The molecule has 90 valence electrons. The maximum Gasteiger partial charge on any atom is 0.233 e. The molecule has 0 fully saturated rings. The van der Waals surface area contributed by atoms with Crippen LogP contribution in [0, 0.1) is 0 Å². The Labute approximate surface area is 104 Å². The van der Waals surface area contributed by atoms with Crippen molar-refractivity contribution in [3.63, 3.8) is 0 Å². The van der Waals surface area contributed by atoms with Crippen molar-refractivity contribution >= 4 is 43.1 Å². The van der Waals surface area contributed by atoms with Crippen LogP contribution in [0.1, 0.15) is 13.8 Å². The summed E-state index contributed by atoms with van der Waals surface area (Å²) in [6, 6.07) is 0.463. The van der Waals surface area contributed by atoms with Gasteiger partial charge in [-0.05, 0) is 0 Å². The van der Waals surface area contributed by atoms with Crippen molar-refractivity contribution in [2.24, 2.45) is 5.73 Å². The van der Waals surface area contributed by atoms with E-state index in [1.54, 1.807) is 0 Å². The molecule has 4 N–H and O–H groups in total. The third-order valence-electron chi connectivity index (χ3n) is 1.19. The van der Waals surface area contributed by atoms with Crippen molar-refractivity contribution in [2.45, 2.75) is 19.9 Å². The zero-order valence-electron chi connectivity index (χ0n) is 8.41. The van der Waals surface area contributed by atoms with E-state index in [9.17, 15) is 4.79 Å². The first-order valence-electron chi connectivity index (χ1n) is 3.87. The van der Waals surface area contributed by atoms with E-state index in [1.807, 2.05) is 0 Å². The largest absolute Gasteiger partial charge is 0.354 e. The Bertz CT molecular complexity index is 125. The topological polar surface area (TPSA) is 67.1 Å². The van der Waals surface area contributed by atoms with Crippen molar-refractivity contribution in [3.05, 3.63) is 0 Å². The van der Waals surface area contributed by atoms with E-state index in [2.05, 4.69) is 24.5 Å². The second-order valence-electron chi connectivity index (χ2n) is 2.66. The van der Waals surface area contributed by atoms with Gasteiger partial charge in [-0.1, -0.05) is 13.8 Å². The first-order valence-corrected chi connectivity index (χ1v) is 3.87. The van der Waals surface area contributed by atoms with Gasteiger partial charge in [0.15, 0.2) is 0 Å². The number of hydrogen-bond acceptors (Lipinski definition) is 3. The van der Waals surface area contributed by atoms with Crippen LogP contribution in [0.15, 0.2) is 0 Å². The lowest BCUT2D eigenvalue weighted by molar-refractivity contribution is -0.119. The predicted octanol–water partition coefficient (Wildman–Crippen LogP) is 0.325. The lowest BCUT2D eigenvalue weighted by Gasteiger charge is -2.07.